The van der Waals surface area contributed by atoms with Gasteiger partial charge in [0.25, 0.3) is 0 Å². The number of piperidine rings is 1. The van der Waals surface area contributed by atoms with Gasteiger partial charge in [-0.3, -0.25) is 14.7 Å². The molecule has 3 heterocycles. The lowest BCUT2D eigenvalue weighted by Crippen LogP contribution is -2.52. The number of amides is 2. The Morgan fingerprint density at radius 1 is 1.25 bits per heavy atom. The van der Waals surface area contributed by atoms with Gasteiger partial charge in [-0.05, 0) is 26.2 Å². The molecule has 1 saturated carbocycles. The van der Waals surface area contributed by atoms with E-state index in [9.17, 15) is 9.59 Å². The van der Waals surface area contributed by atoms with Crippen LogP contribution in [0.5, 0.6) is 0 Å². The molecular formula is C19H30ClN5O3. The van der Waals surface area contributed by atoms with Crippen LogP contribution in [-0.2, 0) is 19.7 Å². The summed E-state index contributed by atoms with van der Waals surface area (Å²) in [5.41, 5.74) is -0.261. The van der Waals surface area contributed by atoms with E-state index in [1.165, 1.54) is 0 Å². The molecule has 2 saturated heterocycles. The molecule has 0 unspecified atom stereocenters. The van der Waals surface area contributed by atoms with Crippen molar-refractivity contribution in [1.29, 1.82) is 0 Å². The zero-order valence-electron chi connectivity index (χ0n) is 16.6. The number of hydrogen-bond acceptors (Lipinski definition) is 5. The van der Waals surface area contributed by atoms with Gasteiger partial charge in [-0.15, -0.1) is 12.4 Å². The summed E-state index contributed by atoms with van der Waals surface area (Å²) in [5.74, 6) is 2.21. The molecule has 0 aromatic carbocycles. The van der Waals surface area contributed by atoms with Gasteiger partial charge in [0.15, 0.2) is 5.82 Å². The van der Waals surface area contributed by atoms with Crippen molar-refractivity contribution in [2.75, 3.05) is 39.9 Å². The summed E-state index contributed by atoms with van der Waals surface area (Å²) >= 11 is 0. The van der Waals surface area contributed by atoms with Crippen molar-refractivity contribution in [3.05, 3.63) is 11.6 Å². The number of carbonyl (C=O) groups is 2. The zero-order chi connectivity index (χ0) is 19.0. The molecule has 2 atom stereocenters. The normalized spacial score (nSPS) is 27.6. The molecule has 1 aromatic heterocycles. The average Bonchev–Trinajstić information content (AvgIpc) is 3.40. The number of fused-ring (bicyclic) bond motifs is 1. The van der Waals surface area contributed by atoms with Crippen molar-refractivity contribution in [2.24, 2.45) is 11.8 Å². The standard InChI is InChI=1S/C19H29N5O3.ClH/c1-13-20-18(22-21-13)19-7-8-23(16(25)11-27-2)9-15(19)10-24(12-19)17(26)14-5-3-4-6-14;/h14-15H,3-12H2,1-2H3,(H,20,21,22);1H/t15-,19-;/m1./s1. The Balaban J connectivity index is 0.00000225. The van der Waals surface area contributed by atoms with Gasteiger partial charge in [0.1, 0.15) is 12.4 Å². The second-order valence-corrected chi connectivity index (χ2v) is 8.32. The molecule has 1 aliphatic carbocycles. The maximum Gasteiger partial charge on any atom is 0.248 e. The van der Waals surface area contributed by atoms with E-state index in [1.54, 1.807) is 7.11 Å². The first-order valence-electron chi connectivity index (χ1n) is 9.98. The van der Waals surface area contributed by atoms with Crippen LogP contribution < -0.4 is 0 Å². The number of nitrogens with zero attached hydrogens (tertiary/aromatic N) is 4. The Bertz CT molecular complexity index is 720. The molecule has 3 fully saturated rings. The molecule has 0 bridgehead atoms. The Hall–Kier alpha value is -1.67. The van der Waals surface area contributed by atoms with E-state index in [-0.39, 0.29) is 48.1 Å². The van der Waals surface area contributed by atoms with Gasteiger partial charge in [-0.1, -0.05) is 12.8 Å². The summed E-state index contributed by atoms with van der Waals surface area (Å²) in [4.78, 5) is 33.9. The molecule has 9 heteroatoms. The number of ether oxygens (including phenoxy) is 1. The van der Waals surface area contributed by atoms with E-state index in [0.717, 1.165) is 43.8 Å². The zero-order valence-corrected chi connectivity index (χ0v) is 17.5. The molecule has 8 nitrogen and oxygen atoms in total. The maximum atomic E-state index is 13.1. The molecule has 4 rings (SSSR count). The fourth-order valence-corrected chi connectivity index (χ4v) is 5.15. The minimum Gasteiger partial charge on any atom is -0.375 e. The Kier molecular flexibility index (Phi) is 6.29. The third-order valence-electron chi connectivity index (χ3n) is 6.64. The SMILES string of the molecule is COCC(=O)N1CC[C@@]2(c3n[nH]c(C)n3)CN(C(=O)C3CCCC3)C[C@H]2C1.Cl. The van der Waals surface area contributed by atoms with Crippen molar-refractivity contribution in [3.63, 3.8) is 0 Å². The van der Waals surface area contributed by atoms with Crippen molar-refractivity contribution in [1.82, 2.24) is 25.0 Å². The van der Waals surface area contributed by atoms with E-state index in [1.807, 2.05) is 16.7 Å². The lowest BCUT2D eigenvalue weighted by atomic mass is 9.72. The van der Waals surface area contributed by atoms with Gasteiger partial charge in [0, 0.05) is 45.1 Å². The molecular weight excluding hydrogens is 382 g/mol. The molecule has 1 aromatic rings. The Labute approximate surface area is 171 Å². The van der Waals surface area contributed by atoms with Gasteiger partial charge in [0.05, 0.1) is 5.41 Å². The van der Waals surface area contributed by atoms with Gasteiger partial charge in [-0.25, -0.2) is 4.98 Å². The molecule has 0 spiro atoms. The molecule has 2 aliphatic heterocycles. The highest BCUT2D eigenvalue weighted by atomic mass is 35.5. The Morgan fingerprint density at radius 3 is 2.61 bits per heavy atom. The van der Waals surface area contributed by atoms with Crippen LogP contribution >= 0.6 is 12.4 Å². The number of rotatable bonds is 4. The van der Waals surface area contributed by atoms with E-state index in [0.29, 0.717) is 26.2 Å². The van der Waals surface area contributed by atoms with E-state index in [2.05, 4.69) is 15.2 Å². The van der Waals surface area contributed by atoms with Crippen molar-refractivity contribution < 1.29 is 14.3 Å². The van der Waals surface area contributed by atoms with E-state index >= 15 is 0 Å². The smallest absolute Gasteiger partial charge is 0.248 e. The van der Waals surface area contributed by atoms with Crippen LogP contribution in [0.3, 0.4) is 0 Å². The predicted octanol–water partition coefficient (Wildman–Crippen LogP) is 1.30. The highest BCUT2D eigenvalue weighted by Gasteiger charge is 2.55. The number of nitrogens with one attached hydrogen (secondary N) is 1. The third kappa shape index (κ3) is 3.64. The van der Waals surface area contributed by atoms with Gasteiger partial charge in [-0.2, -0.15) is 5.10 Å². The second kappa shape index (κ2) is 8.37. The van der Waals surface area contributed by atoms with Crippen molar-refractivity contribution >= 4 is 24.2 Å². The molecule has 28 heavy (non-hydrogen) atoms. The van der Waals surface area contributed by atoms with Crippen LogP contribution in [0, 0.1) is 18.8 Å². The minimum absolute atomic E-state index is 0. The van der Waals surface area contributed by atoms with Crippen LogP contribution in [0.2, 0.25) is 0 Å². The van der Waals surface area contributed by atoms with Gasteiger partial charge in [0.2, 0.25) is 11.8 Å². The molecule has 156 valence electrons. The highest BCUT2D eigenvalue weighted by molar-refractivity contribution is 5.85. The number of halogens is 1. The number of methoxy groups -OCH3 is 1. The summed E-state index contributed by atoms with van der Waals surface area (Å²) in [5, 5.41) is 7.43. The quantitative estimate of drug-likeness (QED) is 0.806. The summed E-state index contributed by atoms with van der Waals surface area (Å²) in [6.07, 6.45) is 5.09. The monoisotopic (exact) mass is 411 g/mol. The lowest BCUT2D eigenvalue weighted by molar-refractivity contribution is -0.137. The number of hydrogen-bond donors (Lipinski definition) is 1. The van der Waals surface area contributed by atoms with E-state index in [4.69, 9.17) is 4.74 Å². The summed E-state index contributed by atoms with van der Waals surface area (Å²) < 4.78 is 5.02. The van der Waals surface area contributed by atoms with Crippen LogP contribution in [0.1, 0.15) is 43.8 Å². The number of H-pyrrole nitrogens is 1. The first-order chi connectivity index (χ1) is 13.0. The van der Waals surface area contributed by atoms with Crippen LogP contribution in [-0.4, -0.2) is 76.7 Å². The highest BCUT2D eigenvalue weighted by Crippen LogP contribution is 2.45. The summed E-state index contributed by atoms with van der Waals surface area (Å²) in [6.45, 7) is 4.62. The average molecular weight is 412 g/mol. The first kappa shape index (κ1) is 21.0. The maximum absolute atomic E-state index is 13.1. The first-order valence-corrected chi connectivity index (χ1v) is 9.98. The topological polar surface area (TPSA) is 91.4 Å². The number of carbonyl (C=O) groups excluding carboxylic acids is 2. The molecule has 1 N–H and O–H groups in total. The van der Waals surface area contributed by atoms with Crippen LogP contribution in [0.4, 0.5) is 0 Å². The predicted molar refractivity (Wildman–Crippen MR) is 105 cm³/mol. The summed E-state index contributed by atoms with van der Waals surface area (Å²) in [6, 6.07) is 0. The number of aromatic amines is 1. The van der Waals surface area contributed by atoms with Crippen molar-refractivity contribution in [2.45, 2.75) is 44.4 Å². The second-order valence-electron chi connectivity index (χ2n) is 8.32. The lowest BCUT2D eigenvalue weighted by Gasteiger charge is -2.41. The minimum atomic E-state index is -0.261. The Morgan fingerprint density at radius 2 is 1.96 bits per heavy atom. The van der Waals surface area contributed by atoms with E-state index < -0.39 is 0 Å². The van der Waals surface area contributed by atoms with Gasteiger partial charge < -0.3 is 14.5 Å². The molecule has 2 amide bonds. The largest absolute Gasteiger partial charge is 0.375 e. The number of aryl methyl sites for hydroxylation is 1. The molecule has 3 aliphatic rings. The fourth-order valence-electron chi connectivity index (χ4n) is 5.15. The van der Waals surface area contributed by atoms with Crippen molar-refractivity contribution in [3.8, 4) is 0 Å². The van der Waals surface area contributed by atoms with Crippen LogP contribution in [0.25, 0.3) is 0 Å². The number of aromatic nitrogens is 3. The third-order valence-corrected chi connectivity index (χ3v) is 6.64. The number of likely N-dealkylation sites (tertiary alicyclic amines) is 2. The fraction of sp³-hybridized carbons (Fsp3) is 0.789. The van der Waals surface area contributed by atoms with Crippen LogP contribution in [0.15, 0.2) is 0 Å². The van der Waals surface area contributed by atoms with Gasteiger partial charge >= 0.3 is 0 Å². The molecule has 0 radical (unpaired) electrons. The summed E-state index contributed by atoms with van der Waals surface area (Å²) in [7, 11) is 1.54.